The molecule has 0 spiro atoms. The molecule has 1 aromatic heterocycles. The average Bonchev–Trinajstić information content (AvgIpc) is 2.72. The lowest BCUT2D eigenvalue weighted by Gasteiger charge is -2.27. The van der Waals surface area contributed by atoms with Crippen molar-refractivity contribution in [2.45, 2.75) is 25.8 Å². The number of rotatable bonds is 2. The van der Waals surface area contributed by atoms with Crippen LogP contribution in [0, 0.1) is 12.8 Å². The Labute approximate surface area is 87.5 Å². The summed E-state index contributed by atoms with van der Waals surface area (Å²) in [5.41, 5.74) is 0.116. The van der Waals surface area contributed by atoms with Gasteiger partial charge in [-0.25, -0.2) is 4.98 Å². The van der Waals surface area contributed by atoms with E-state index in [0.717, 1.165) is 5.69 Å². The monoisotopic (exact) mass is 210 g/mol. The first-order valence-corrected chi connectivity index (χ1v) is 4.94. The van der Waals surface area contributed by atoms with E-state index in [0.29, 0.717) is 18.7 Å². The van der Waals surface area contributed by atoms with Crippen LogP contribution in [-0.2, 0) is 10.3 Å². The minimum atomic E-state index is -0.793. The number of hydrogen-bond donors (Lipinski definition) is 2. The van der Waals surface area contributed by atoms with E-state index in [2.05, 4.69) is 10.3 Å². The van der Waals surface area contributed by atoms with Gasteiger partial charge in [-0.05, 0) is 26.8 Å². The van der Waals surface area contributed by atoms with Crippen LogP contribution in [0.15, 0.2) is 10.8 Å². The Kier molecular flexibility index (Phi) is 2.26. The van der Waals surface area contributed by atoms with Crippen LogP contribution in [0.3, 0.4) is 0 Å². The first-order valence-electron chi connectivity index (χ1n) is 4.94. The van der Waals surface area contributed by atoms with E-state index in [9.17, 15) is 4.79 Å². The predicted octanol–water partition coefficient (Wildman–Crippen LogP) is 0.892. The van der Waals surface area contributed by atoms with Crippen molar-refractivity contribution in [2.24, 2.45) is 5.92 Å². The molecule has 2 unspecified atom stereocenters. The number of aryl methyl sites for hydroxylation is 1. The normalized spacial score (nSPS) is 30.7. The van der Waals surface area contributed by atoms with Crippen molar-refractivity contribution in [3.8, 4) is 0 Å². The lowest BCUT2D eigenvalue weighted by Crippen LogP contribution is -2.42. The summed E-state index contributed by atoms with van der Waals surface area (Å²) in [6, 6.07) is 0. The highest BCUT2D eigenvalue weighted by Gasteiger charge is 2.47. The molecule has 1 aromatic rings. The molecule has 0 bridgehead atoms. The summed E-state index contributed by atoms with van der Waals surface area (Å²) in [6.07, 6.45) is 1.97. The van der Waals surface area contributed by atoms with E-state index in [-0.39, 0.29) is 0 Å². The van der Waals surface area contributed by atoms with E-state index in [1.54, 1.807) is 0 Å². The predicted molar refractivity (Wildman–Crippen MR) is 52.3 cm³/mol. The molecule has 1 fully saturated rings. The van der Waals surface area contributed by atoms with Crippen LogP contribution in [-0.4, -0.2) is 22.6 Å². The van der Waals surface area contributed by atoms with Crippen molar-refractivity contribution in [1.82, 2.24) is 10.3 Å². The second kappa shape index (κ2) is 3.34. The standard InChI is InChI=1S/C10H14N2O3/c1-6-8(15-5-11-6)10(2)7(9(13)14)3-4-12-10/h5,7,12H,3-4H2,1-2H3,(H,13,14). The number of carboxylic acid groups (broad SMARTS) is 1. The van der Waals surface area contributed by atoms with Gasteiger partial charge in [-0.3, -0.25) is 4.79 Å². The summed E-state index contributed by atoms with van der Waals surface area (Å²) >= 11 is 0. The minimum absolute atomic E-state index is 0.454. The Bertz CT molecular complexity index is 388. The van der Waals surface area contributed by atoms with Crippen LogP contribution in [0.2, 0.25) is 0 Å². The molecule has 5 nitrogen and oxygen atoms in total. The number of aliphatic carboxylic acids is 1. The summed E-state index contributed by atoms with van der Waals surface area (Å²) in [7, 11) is 0. The fourth-order valence-electron chi connectivity index (χ4n) is 2.30. The quantitative estimate of drug-likeness (QED) is 0.758. The van der Waals surface area contributed by atoms with Crippen molar-refractivity contribution in [3.63, 3.8) is 0 Å². The Balaban J connectivity index is 2.41. The molecule has 2 N–H and O–H groups in total. The summed E-state index contributed by atoms with van der Waals surface area (Å²) in [4.78, 5) is 15.1. The maximum Gasteiger partial charge on any atom is 0.308 e. The molecule has 2 rings (SSSR count). The van der Waals surface area contributed by atoms with Gasteiger partial charge in [-0.2, -0.15) is 0 Å². The van der Waals surface area contributed by atoms with Crippen LogP contribution in [0.1, 0.15) is 24.8 Å². The van der Waals surface area contributed by atoms with E-state index >= 15 is 0 Å². The number of nitrogens with zero attached hydrogens (tertiary/aromatic N) is 1. The minimum Gasteiger partial charge on any atom is -0.481 e. The molecule has 0 aliphatic carbocycles. The molecule has 0 amide bonds. The van der Waals surface area contributed by atoms with E-state index in [1.165, 1.54) is 6.39 Å². The van der Waals surface area contributed by atoms with Crippen molar-refractivity contribution >= 4 is 5.97 Å². The number of carbonyl (C=O) groups is 1. The van der Waals surface area contributed by atoms with Crippen LogP contribution >= 0.6 is 0 Å². The highest BCUT2D eigenvalue weighted by Crippen LogP contribution is 2.37. The fraction of sp³-hybridized carbons (Fsp3) is 0.600. The molecule has 15 heavy (non-hydrogen) atoms. The molecular weight excluding hydrogens is 196 g/mol. The van der Waals surface area contributed by atoms with Gasteiger partial charge in [-0.15, -0.1) is 0 Å². The molecule has 1 saturated heterocycles. The lowest BCUT2D eigenvalue weighted by atomic mass is 9.84. The zero-order valence-corrected chi connectivity index (χ0v) is 8.78. The zero-order chi connectivity index (χ0) is 11.1. The van der Waals surface area contributed by atoms with E-state index in [4.69, 9.17) is 9.52 Å². The van der Waals surface area contributed by atoms with Gasteiger partial charge in [0, 0.05) is 0 Å². The van der Waals surface area contributed by atoms with Gasteiger partial charge >= 0.3 is 5.97 Å². The zero-order valence-electron chi connectivity index (χ0n) is 8.78. The fourth-order valence-corrected chi connectivity index (χ4v) is 2.30. The number of aromatic nitrogens is 1. The van der Waals surface area contributed by atoms with Crippen LogP contribution in [0.5, 0.6) is 0 Å². The lowest BCUT2D eigenvalue weighted by molar-refractivity contribution is -0.143. The molecule has 1 aliphatic heterocycles. The number of nitrogens with one attached hydrogen (secondary N) is 1. The van der Waals surface area contributed by atoms with Gasteiger partial charge in [0.2, 0.25) is 0 Å². The molecule has 1 aliphatic rings. The number of hydrogen-bond acceptors (Lipinski definition) is 4. The first-order chi connectivity index (χ1) is 7.05. The summed E-state index contributed by atoms with van der Waals surface area (Å²) in [6.45, 7) is 4.36. The van der Waals surface area contributed by atoms with Crippen LogP contribution in [0.4, 0.5) is 0 Å². The van der Waals surface area contributed by atoms with Gasteiger partial charge < -0.3 is 14.8 Å². The van der Waals surface area contributed by atoms with E-state index in [1.807, 2.05) is 13.8 Å². The number of carboxylic acids is 1. The van der Waals surface area contributed by atoms with E-state index < -0.39 is 17.4 Å². The molecular formula is C10H14N2O3. The molecule has 0 aromatic carbocycles. The largest absolute Gasteiger partial charge is 0.481 e. The first kappa shape index (κ1) is 10.2. The smallest absolute Gasteiger partial charge is 0.308 e. The molecule has 5 heteroatoms. The highest BCUT2D eigenvalue weighted by atomic mass is 16.4. The second-order valence-corrected chi connectivity index (χ2v) is 4.08. The second-order valence-electron chi connectivity index (χ2n) is 4.08. The Morgan fingerprint density at radius 3 is 3.07 bits per heavy atom. The van der Waals surface area contributed by atoms with Crippen LogP contribution in [0.25, 0.3) is 0 Å². The average molecular weight is 210 g/mol. The van der Waals surface area contributed by atoms with Gasteiger partial charge in [-0.1, -0.05) is 0 Å². The topological polar surface area (TPSA) is 75.4 Å². The SMILES string of the molecule is Cc1ncoc1C1(C)NCCC1C(=O)O. The Morgan fingerprint density at radius 2 is 2.53 bits per heavy atom. The Morgan fingerprint density at radius 1 is 1.80 bits per heavy atom. The molecule has 2 atom stereocenters. The van der Waals surface area contributed by atoms with Gasteiger partial charge in [0.25, 0.3) is 0 Å². The Hall–Kier alpha value is -1.36. The highest BCUT2D eigenvalue weighted by molar-refractivity contribution is 5.72. The molecule has 2 heterocycles. The van der Waals surface area contributed by atoms with Crippen molar-refractivity contribution in [1.29, 1.82) is 0 Å². The maximum atomic E-state index is 11.1. The van der Waals surface area contributed by atoms with Crippen LogP contribution < -0.4 is 5.32 Å². The van der Waals surface area contributed by atoms with Crippen molar-refractivity contribution in [2.75, 3.05) is 6.54 Å². The molecule has 0 saturated carbocycles. The summed E-state index contributed by atoms with van der Waals surface area (Å²) in [5.74, 6) is -0.616. The third-order valence-corrected chi connectivity index (χ3v) is 3.14. The maximum absolute atomic E-state index is 11.1. The third kappa shape index (κ3) is 1.43. The van der Waals surface area contributed by atoms with Gasteiger partial charge in [0.1, 0.15) is 5.76 Å². The molecule has 82 valence electrons. The van der Waals surface area contributed by atoms with Crippen molar-refractivity contribution in [3.05, 3.63) is 17.8 Å². The summed E-state index contributed by atoms with van der Waals surface area (Å²) in [5, 5.41) is 12.3. The van der Waals surface area contributed by atoms with Crippen molar-refractivity contribution < 1.29 is 14.3 Å². The molecule has 0 radical (unpaired) electrons. The summed E-state index contributed by atoms with van der Waals surface area (Å²) < 4.78 is 5.29. The van der Waals surface area contributed by atoms with Gasteiger partial charge in [0.15, 0.2) is 6.39 Å². The number of oxazole rings is 1. The third-order valence-electron chi connectivity index (χ3n) is 3.14. The van der Waals surface area contributed by atoms with Gasteiger partial charge in [0.05, 0.1) is 17.2 Å².